The lowest BCUT2D eigenvalue weighted by molar-refractivity contribution is 0.848. The minimum Gasteiger partial charge on any atom is -0.0991 e. The van der Waals surface area contributed by atoms with E-state index in [0.717, 1.165) is 0 Å². The van der Waals surface area contributed by atoms with Gasteiger partial charge in [-0.05, 0) is 30.6 Å². The number of hydrogen-bond donors (Lipinski definition) is 0. The third kappa shape index (κ3) is 3.10. The van der Waals surface area contributed by atoms with Gasteiger partial charge in [-0.15, -0.1) is 0 Å². The normalized spacial score (nSPS) is 20.9. The molecule has 0 aromatic carbocycles. The minimum atomic E-state index is 0.432. The molecule has 0 heteroatoms. The number of hydrogen-bond acceptors (Lipinski definition) is 0. The average molecular weight is 238 g/mol. The van der Waals surface area contributed by atoms with E-state index < -0.39 is 0 Å². The molecule has 18 heavy (non-hydrogen) atoms. The molecule has 0 amide bonds. The molecule has 1 rings (SSSR count). The van der Waals surface area contributed by atoms with Crippen molar-refractivity contribution < 1.29 is 0 Å². The van der Waals surface area contributed by atoms with Gasteiger partial charge in [0.25, 0.3) is 0 Å². The van der Waals surface area contributed by atoms with Gasteiger partial charge in [0, 0.05) is 5.92 Å². The first-order valence-corrected chi connectivity index (χ1v) is 6.33. The molecule has 1 aliphatic rings. The monoisotopic (exact) mass is 238 g/mol. The second kappa shape index (κ2) is 6.80. The van der Waals surface area contributed by atoms with Crippen LogP contribution in [0.3, 0.4) is 0 Å². The fraction of sp³-hybridized carbons (Fsp3) is 0.222. The van der Waals surface area contributed by atoms with Gasteiger partial charge in [0.1, 0.15) is 0 Å². The molecule has 1 unspecified atom stereocenters. The third-order valence-corrected chi connectivity index (χ3v) is 3.26. The van der Waals surface area contributed by atoms with Crippen LogP contribution in [0.2, 0.25) is 0 Å². The minimum absolute atomic E-state index is 0.432. The van der Waals surface area contributed by atoms with E-state index in [1.54, 1.807) is 0 Å². The fourth-order valence-corrected chi connectivity index (χ4v) is 2.20. The molecule has 0 fully saturated rings. The first-order valence-electron chi connectivity index (χ1n) is 6.33. The molecular formula is C18H22. The van der Waals surface area contributed by atoms with E-state index in [9.17, 15) is 0 Å². The van der Waals surface area contributed by atoms with Crippen molar-refractivity contribution in [2.24, 2.45) is 5.92 Å². The van der Waals surface area contributed by atoms with Crippen molar-refractivity contribution in [2.45, 2.75) is 20.8 Å². The molecule has 0 spiro atoms. The van der Waals surface area contributed by atoms with E-state index in [4.69, 9.17) is 0 Å². The van der Waals surface area contributed by atoms with Gasteiger partial charge in [0.15, 0.2) is 0 Å². The summed E-state index contributed by atoms with van der Waals surface area (Å²) in [6.45, 7) is 13.9. The van der Waals surface area contributed by atoms with Crippen LogP contribution >= 0.6 is 0 Å². The second-order valence-corrected chi connectivity index (χ2v) is 4.40. The van der Waals surface area contributed by atoms with Gasteiger partial charge in [0.2, 0.25) is 0 Å². The van der Waals surface area contributed by atoms with Gasteiger partial charge in [-0.2, -0.15) is 0 Å². The molecule has 0 nitrogen and oxygen atoms in total. The third-order valence-electron chi connectivity index (χ3n) is 3.26. The van der Waals surface area contributed by atoms with Gasteiger partial charge in [-0.1, -0.05) is 74.3 Å². The highest BCUT2D eigenvalue weighted by molar-refractivity contribution is 5.57. The van der Waals surface area contributed by atoms with Crippen LogP contribution in [0, 0.1) is 5.92 Å². The first kappa shape index (κ1) is 14.2. The van der Waals surface area contributed by atoms with E-state index >= 15 is 0 Å². The lowest BCUT2D eigenvalue weighted by Crippen LogP contribution is -1.99. The summed E-state index contributed by atoms with van der Waals surface area (Å²) in [5, 5.41) is 0. The SMILES string of the molecule is C=C/C=C\C1=CC(/C=C\C=C)=C(C(/C)=C\C)C1C. The Morgan fingerprint density at radius 2 is 1.78 bits per heavy atom. The van der Waals surface area contributed by atoms with Gasteiger partial charge in [0.05, 0.1) is 0 Å². The molecule has 0 bridgehead atoms. The Labute approximate surface area is 111 Å². The maximum absolute atomic E-state index is 3.73. The van der Waals surface area contributed by atoms with Gasteiger partial charge in [-0.25, -0.2) is 0 Å². The van der Waals surface area contributed by atoms with Crippen molar-refractivity contribution in [3.05, 3.63) is 84.1 Å². The topological polar surface area (TPSA) is 0 Å². The first-order chi connectivity index (χ1) is 8.65. The highest BCUT2D eigenvalue weighted by Crippen LogP contribution is 2.37. The lowest BCUT2D eigenvalue weighted by Gasteiger charge is -2.13. The molecule has 0 N–H and O–H groups in total. The Morgan fingerprint density at radius 3 is 2.33 bits per heavy atom. The van der Waals surface area contributed by atoms with Crippen molar-refractivity contribution in [1.29, 1.82) is 0 Å². The van der Waals surface area contributed by atoms with E-state index in [0.29, 0.717) is 5.92 Å². The fourth-order valence-electron chi connectivity index (χ4n) is 2.20. The lowest BCUT2D eigenvalue weighted by atomic mass is 9.91. The summed E-state index contributed by atoms with van der Waals surface area (Å²) in [7, 11) is 0. The highest BCUT2D eigenvalue weighted by Gasteiger charge is 2.21. The molecular weight excluding hydrogens is 216 g/mol. The van der Waals surface area contributed by atoms with E-state index in [-0.39, 0.29) is 0 Å². The Balaban J connectivity index is 3.19. The zero-order valence-electron chi connectivity index (χ0n) is 11.6. The van der Waals surface area contributed by atoms with Crippen LogP contribution in [0.1, 0.15) is 20.8 Å². The van der Waals surface area contributed by atoms with Crippen LogP contribution in [-0.4, -0.2) is 0 Å². The molecule has 0 saturated heterocycles. The Kier molecular flexibility index (Phi) is 5.38. The number of allylic oxidation sites excluding steroid dienone is 12. The summed E-state index contributed by atoms with van der Waals surface area (Å²) < 4.78 is 0. The van der Waals surface area contributed by atoms with Crippen molar-refractivity contribution in [2.75, 3.05) is 0 Å². The highest BCUT2D eigenvalue weighted by atomic mass is 14.3. The summed E-state index contributed by atoms with van der Waals surface area (Å²) in [6, 6.07) is 0. The van der Waals surface area contributed by atoms with E-state index in [1.807, 2.05) is 24.3 Å². The van der Waals surface area contributed by atoms with Gasteiger partial charge in [-0.3, -0.25) is 0 Å². The van der Waals surface area contributed by atoms with Gasteiger partial charge >= 0.3 is 0 Å². The molecule has 1 aliphatic carbocycles. The van der Waals surface area contributed by atoms with E-state index in [2.05, 4.69) is 58.2 Å². The van der Waals surface area contributed by atoms with E-state index in [1.165, 1.54) is 22.3 Å². The molecule has 1 atom stereocenters. The van der Waals surface area contributed by atoms with Crippen LogP contribution in [0.4, 0.5) is 0 Å². The Bertz CT molecular complexity index is 476. The molecule has 0 aromatic rings. The van der Waals surface area contributed by atoms with Crippen molar-refractivity contribution >= 4 is 0 Å². The molecule has 0 radical (unpaired) electrons. The van der Waals surface area contributed by atoms with Crippen molar-refractivity contribution in [3.8, 4) is 0 Å². The van der Waals surface area contributed by atoms with Gasteiger partial charge < -0.3 is 0 Å². The summed E-state index contributed by atoms with van der Waals surface area (Å²) in [5.41, 5.74) is 5.35. The van der Waals surface area contributed by atoms with Crippen LogP contribution in [-0.2, 0) is 0 Å². The largest absolute Gasteiger partial charge is 0.0991 e. The van der Waals surface area contributed by atoms with Crippen molar-refractivity contribution in [3.63, 3.8) is 0 Å². The smallest absolute Gasteiger partial charge is 0.00696 e. The summed E-state index contributed by atoms with van der Waals surface area (Å²) >= 11 is 0. The zero-order valence-corrected chi connectivity index (χ0v) is 11.6. The molecule has 0 saturated carbocycles. The average Bonchev–Trinajstić information content (AvgIpc) is 2.69. The zero-order chi connectivity index (χ0) is 13.5. The molecule has 0 aliphatic heterocycles. The number of rotatable bonds is 5. The van der Waals surface area contributed by atoms with Crippen molar-refractivity contribution in [1.82, 2.24) is 0 Å². The summed E-state index contributed by atoms with van der Waals surface area (Å²) in [6.07, 6.45) is 16.3. The maximum Gasteiger partial charge on any atom is 0.00696 e. The summed E-state index contributed by atoms with van der Waals surface area (Å²) in [5.74, 6) is 0.432. The van der Waals surface area contributed by atoms with Crippen LogP contribution in [0.15, 0.2) is 84.1 Å². The van der Waals surface area contributed by atoms with Crippen LogP contribution in [0.25, 0.3) is 0 Å². The molecule has 0 heterocycles. The van der Waals surface area contributed by atoms with Crippen LogP contribution < -0.4 is 0 Å². The predicted molar refractivity (Wildman–Crippen MR) is 82.4 cm³/mol. The molecule has 94 valence electrons. The quantitative estimate of drug-likeness (QED) is 0.569. The summed E-state index contributed by atoms with van der Waals surface area (Å²) in [4.78, 5) is 0. The maximum atomic E-state index is 3.73. The standard InChI is InChI=1S/C18H22/c1-6-9-11-16-13-17(12-10-7-2)18(15(16)5)14(4)8-3/h6-13,15H,1-2H2,3-5H3/b11-9-,12-10-,14-8-. The Hall–Kier alpha value is -1.82. The molecule has 0 aromatic heterocycles. The Morgan fingerprint density at radius 1 is 1.17 bits per heavy atom. The van der Waals surface area contributed by atoms with Crippen LogP contribution in [0.5, 0.6) is 0 Å². The second-order valence-electron chi connectivity index (χ2n) is 4.40. The predicted octanol–water partition coefficient (Wildman–Crippen LogP) is 5.31.